The minimum absolute atomic E-state index is 0.227. The molecule has 0 bridgehead atoms. The normalized spacial score (nSPS) is 30.0. The smallest absolute Gasteiger partial charge is 0.167 e. The summed E-state index contributed by atoms with van der Waals surface area (Å²) < 4.78 is 4.92. The van der Waals surface area contributed by atoms with Gasteiger partial charge >= 0.3 is 0 Å². The first kappa shape index (κ1) is 6.97. The number of rotatable bonds is 1. The third-order valence-electron chi connectivity index (χ3n) is 1.34. The van der Waals surface area contributed by atoms with E-state index in [4.69, 9.17) is 10.00 Å². The van der Waals surface area contributed by atoms with Gasteiger partial charge in [-0.15, -0.1) is 0 Å². The lowest BCUT2D eigenvalue weighted by Crippen LogP contribution is -2.19. The van der Waals surface area contributed by atoms with Crippen LogP contribution in [0.25, 0.3) is 0 Å². The van der Waals surface area contributed by atoms with Crippen LogP contribution >= 0.6 is 0 Å². The Morgan fingerprint density at radius 3 is 3.00 bits per heavy atom. The maximum Gasteiger partial charge on any atom is 0.167 e. The Morgan fingerprint density at radius 2 is 2.50 bits per heavy atom. The molecule has 0 saturated carbocycles. The monoisotopic (exact) mass is 136 g/mol. The average molecular weight is 136 g/mol. The van der Waals surface area contributed by atoms with Crippen molar-refractivity contribution in [2.75, 3.05) is 7.11 Å². The van der Waals surface area contributed by atoms with E-state index < -0.39 is 0 Å². The summed E-state index contributed by atoms with van der Waals surface area (Å²) in [7, 11) is 1.55. The van der Waals surface area contributed by atoms with Crippen molar-refractivity contribution in [3.8, 4) is 6.07 Å². The summed E-state index contributed by atoms with van der Waals surface area (Å²) in [5.74, 6) is -0.227. The van der Waals surface area contributed by atoms with E-state index in [0.717, 1.165) is 0 Å². The van der Waals surface area contributed by atoms with Crippen LogP contribution in [-0.2, 0) is 4.74 Å². The van der Waals surface area contributed by atoms with Gasteiger partial charge in [0.15, 0.2) is 6.23 Å². The van der Waals surface area contributed by atoms with Gasteiger partial charge in [0.25, 0.3) is 0 Å². The molecule has 1 heterocycles. The predicted octanol–water partition coefficient (Wildman–Crippen LogP) is 0.739. The molecule has 2 unspecified atom stereocenters. The zero-order chi connectivity index (χ0) is 7.40. The Labute approximate surface area is 59.6 Å². The molecule has 0 amide bonds. The van der Waals surface area contributed by atoms with Crippen LogP contribution in [0.4, 0.5) is 0 Å². The second kappa shape index (κ2) is 3.14. The predicted molar refractivity (Wildman–Crippen MR) is 37.5 cm³/mol. The van der Waals surface area contributed by atoms with Crippen LogP contribution in [0.5, 0.6) is 0 Å². The summed E-state index contributed by atoms with van der Waals surface area (Å²) >= 11 is 0. The van der Waals surface area contributed by atoms with Gasteiger partial charge in [-0.3, -0.25) is 4.99 Å². The zero-order valence-electron chi connectivity index (χ0n) is 5.69. The van der Waals surface area contributed by atoms with Crippen LogP contribution in [0.1, 0.15) is 0 Å². The van der Waals surface area contributed by atoms with Gasteiger partial charge in [0.05, 0.1) is 6.07 Å². The van der Waals surface area contributed by atoms with Crippen LogP contribution in [0, 0.1) is 17.2 Å². The van der Waals surface area contributed by atoms with Gasteiger partial charge in [-0.25, -0.2) is 0 Å². The van der Waals surface area contributed by atoms with Gasteiger partial charge in [0.1, 0.15) is 5.92 Å². The third-order valence-corrected chi connectivity index (χ3v) is 1.34. The second-order valence-corrected chi connectivity index (χ2v) is 1.96. The highest BCUT2D eigenvalue weighted by Gasteiger charge is 2.17. The van der Waals surface area contributed by atoms with Gasteiger partial charge in [-0.05, 0) is 6.08 Å². The highest BCUT2D eigenvalue weighted by molar-refractivity contribution is 5.72. The lowest BCUT2D eigenvalue weighted by Gasteiger charge is -2.14. The number of hydrogen-bond acceptors (Lipinski definition) is 3. The van der Waals surface area contributed by atoms with E-state index in [2.05, 4.69) is 11.1 Å². The number of ether oxygens (including phenoxy) is 1. The fraction of sp³-hybridized carbons (Fsp3) is 0.429. The number of dihydropyridines is 1. The van der Waals surface area contributed by atoms with Crippen molar-refractivity contribution in [2.24, 2.45) is 10.9 Å². The number of methoxy groups -OCH3 is 1. The van der Waals surface area contributed by atoms with Crippen LogP contribution in [0.15, 0.2) is 17.1 Å². The van der Waals surface area contributed by atoms with Crippen molar-refractivity contribution in [1.82, 2.24) is 0 Å². The fourth-order valence-electron chi connectivity index (χ4n) is 0.806. The molecule has 52 valence electrons. The molecule has 3 heteroatoms. The van der Waals surface area contributed by atoms with Gasteiger partial charge in [0, 0.05) is 13.3 Å². The molecule has 1 aliphatic heterocycles. The van der Waals surface area contributed by atoms with Crippen molar-refractivity contribution in [2.45, 2.75) is 6.23 Å². The number of hydrogen-bond donors (Lipinski definition) is 0. The molecule has 2 atom stereocenters. The molecule has 0 aromatic heterocycles. The largest absolute Gasteiger partial charge is 0.358 e. The molecule has 0 fully saturated rings. The highest BCUT2D eigenvalue weighted by atomic mass is 16.5. The van der Waals surface area contributed by atoms with E-state index in [1.54, 1.807) is 25.5 Å². The van der Waals surface area contributed by atoms with Gasteiger partial charge < -0.3 is 4.74 Å². The van der Waals surface area contributed by atoms with Crippen molar-refractivity contribution in [1.29, 1.82) is 5.26 Å². The first-order valence-electron chi connectivity index (χ1n) is 3.01. The summed E-state index contributed by atoms with van der Waals surface area (Å²) in [6.45, 7) is 0. The fourth-order valence-corrected chi connectivity index (χ4v) is 0.806. The van der Waals surface area contributed by atoms with Crippen LogP contribution < -0.4 is 0 Å². The number of aliphatic imine (C=N–C) groups is 1. The number of nitriles is 1. The lowest BCUT2D eigenvalue weighted by atomic mass is 10.1. The molecule has 0 N–H and O–H groups in total. The maximum absolute atomic E-state index is 8.54. The molecule has 0 aliphatic carbocycles. The Bertz CT molecular complexity index is 202. The number of nitrogens with zero attached hydrogens (tertiary/aromatic N) is 2. The SMILES string of the molecule is COC1N=CC=CC1C#N. The van der Waals surface area contributed by atoms with Gasteiger partial charge in [0.2, 0.25) is 0 Å². The summed E-state index contributed by atoms with van der Waals surface area (Å²) in [5, 5.41) is 8.54. The van der Waals surface area contributed by atoms with E-state index in [1.807, 2.05) is 0 Å². The topological polar surface area (TPSA) is 45.4 Å². The molecule has 1 rings (SSSR count). The number of allylic oxidation sites excluding steroid dienone is 1. The highest BCUT2D eigenvalue weighted by Crippen LogP contribution is 2.11. The van der Waals surface area contributed by atoms with Crippen molar-refractivity contribution < 1.29 is 4.74 Å². The van der Waals surface area contributed by atoms with E-state index in [1.165, 1.54) is 0 Å². The van der Waals surface area contributed by atoms with Crippen molar-refractivity contribution in [3.63, 3.8) is 0 Å². The Kier molecular flexibility index (Phi) is 2.19. The molecular formula is C7H8N2O. The van der Waals surface area contributed by atoms with Crippen molar-refractivity contribution >= 4 is 6.21 Å². The molecule has 0 saturated heterocycles. The second-order valence-electron chi connectivity index (χ2n) is 1.96. The first-order chi connectivity index (χ1) is 4.88. The molecule has 0 aromatic rings. The van der Waals surface area contributed by atoms with E-state index in [-0.39, 0.29) is 12.1 Å². The summed E-state index contributed by atoms with van der Waals surface area (Å²) in [6, 6.07) is 2.08. The molecular weight excluding hydrogens is 128 g/mol. The lowest BCUT2D eigenvalue weighted by molar-refractivity contribution is 0.0918. The third kappa shape index (κ3) is 1.23. The van der Waals surface area contributed by atoms with E-state index in [0.29, 0.717) is 0 Å². The molecule has 3 nitrogen and oxygen atoms in total. The minimum atomic E-state index is -0.310. The summed E-state index contributed by atoms with van der Waals surface area (Å²) in [4.78, 5) is 3.94. The van der Waals surface area contributed by atoms with Crippen LogP contribution in [0.3, 0.4) is 0 Å². The average Bonchev–Trinajstić information content (AvgIpc) is 2.04. The molecule has 1 aliphatic rings. The summed E-state index contributed by atoms with van der Waals surface area (Å²) in [5.41, 5.74) is 0. The van der Waals surface area contributed by atoms with Gasteiger partial charge in [-0.2, -0.15) is 5.26 Å². The Morgan fingerprint density at radius 1 is 1.70 bits per heavy atom. The summed E-state index contributed by atoms with van der Waals surface area (Å²) in [6.07, 6.45) is 4.86. The molecule has 10 heavy (non-hydrogen) atoms. The Hall–Kier alpha value is -1.14. The molecule has 0 spiro atoms. The van der Waals surface area contributed by atoms with E-state index >= 15 is 0 Å². The molecule has 0 aromatic carbocycles. The molecule has 0 radical (unpaired) electrons. The van der Waals surface area contributed by atoms with Crippen molar-refractivity contribution in [3.05, 3.63) is 12.2 Å². The van der Waals surface area contributed by atoms with Crippen LogP contribution in [0.2, 0.25) is 0 Å². The van der Waals surface area contributed by atoms with Gasteiger partial charge in [-0.1, -0.05) is 6.08 Å². The van der Waals surface area contributed by atoms with E-state index in [9.17, 15) is 0 Å². The maximum atomic E-state index is 8.54. The standard InChI is InChI=1S/C7H8N2O/c1-10-7-6(5-8)3-2-4-9-7/h2-4,6-7H,1H3. The Balaban J connectivity index is 2.66. The quantitative estimate of drug-likeness (QED) is 0.533. The minimum Gasteiger partial charge on any atom is -0.358 e. The van der Waals surface area contributed by atoms with Crippen LogP contribution in [-0.4, -0.2) is 19.6 Å². The first-order valence-corrected chi connectivity index (χ1v) is 3.01. The zero-order valence-corrected chi connectivity index (χ0v) is 5.69.